The number of nitrogens with one attached hydrogen (secondary N) is 2. The number of benzene rings is 1. The molecule has 1 aromatic heterocycles. The molecular formula is C14H15BrN4O. The number of carbonyl (C=O) groups is 1. The van der Waals surface area contributed by atoms with Crippen molar-refractivity contribution in [3.05, 3.63) is 51.8 Å². The lowest BCUT2D eigenvalue weighted by Crippen LogP contribution is -2.18. The Bertz CT molecular complexity index is 634. The largest absolute Gasteiger partial charge is 0.291 e. The van der Waals surface area contributed by atoms with Gasteiger partial charge in [0.25, 0.3) is 5.91 Å². The third-order valence-corrected chi connectivity index (χ3v) is 3.17. The van der Waals surface area contributed by atoms with Gasteiger partial charge in [-0.3, -0.25) is 9.89 Å². The van der Waals surface area contributed by atoms with E-state index in [0.29, 0.717) is 11.6 Å². The average Bonchev–Trinajstić information content (AvgIpc) is 2.88. The number of hydrazone groups is 1. The molecule has 104 valence electrons. The first-order chi connectivity index (χ1) is 9.56. The molecule has 1 heterocycles. The van der Waals surface area contributed by atoms with E-state index in [2.05, 4.69) is 36.7 Å². The molecule has 0 saturated heterocycles. The standard InChI is InChI=1S/C14H15BrN4O/c1-9(2)12-7-13(18-17-12)14(20)19-16-8-10-4-3-5-11(15)6-10/h3-9H,1-2H3,(H,17,18)(H,19,20)/b16-8+. The van der Waals surface area contributed by atoms with E-state index < -0.39 is 0 Å². The minimum atomic E-state index is -0.334. The summed E-state index contributed by atoms with van der Waals surface area (Å²) in [6, 6.07) is 9.35. The lowest BCUT2D eigenvalue weighted by Gasteiger charge is -1.97. The highest BCUT2D eigenvalue weighted by Gasteiger charge is 2.10. The summed E-state index contributed by atoms with van der Waals surface area (Å²) in [5, 5.41) is 10.7. The zero-order chi connectivity index (χ0) is 14.5. The molecule has 0 aliphatic carbocycles. The zero-order valence-electron chi connectivity index (χ0n) is 11.2. The predicted molar refractivity (Wildman–Crippen MR) is 81.9 cm³/mol. The minimum Gasteiger partial charge on any atom is -0.282 e. The fourth-order valence-corrected chi connectivity index (χ4v) is 1.98. The molecule has 1 aromatic carbocycles. The van der Waals surface area contributed by atoms with Gasteiger partial charge in [-0.25, -0.2) is 5.43 Å². The molecule has 5 nitrogen and oxygen atoms in total. The van der Waals surface area contributed by atoms with Crippen molar-refractivity contribution < 1.29 is 4.79 Å². The normalized spacial score (nSPS) is 11.2. The van der Waals surface area contributed by atoms with E-state index in [1.165, 1.54) is 0 Å². The van der Waals surface area contributed by atoms with Crippen molar-refractivity contribution in [1.29, 1.82) is 0 Å². The van der Waals surface area contributed by atoms with E-state index in [9.17, 15) is 4.79 Å². The maximum Gasteiger partial charge on any atom is 0.291 e. The van der Waals surface area contributed by atoms with E-state index in [-0.39, 0.29) is 5.91 Å². The first kappa shape index (κ1) is 14.5. The van der Waals surface area contributed by atoms with Crippen molar-refractivity contribution in [3.8, 4) is 0 Å². The Morgan fingerprint density at radius 3 is 2.90 bits per heavy atom. The summed E-state index contributed by atoms with van der Waals surface area (Å²) in [6.07, 6.45) is 1.58. The van der Waals surface area contributed by atoms with Gasteiger partial charge in [-0.05, 0) is 29.7 Å². The van der Waals surface area contributed by atoms with Crippen LogP contribution in [-0.4, -0.2) is 22.3 Å². The van der Waals surface area contributed by atoms with Crippen LogP contribution in [0.5, 0.6) is 0 Å². The van der Waals surface area contributed by atoms with Gasteiger partial charge in [0.2, 0.25) is 0 Å². The summed E-state index contributed by atoms with van der Waals surface area (Å²) in [4.78, 5) is 11.8. The van der Waals surface area contributed by atoms with Crippen molar-refractivity contribution >= 4 is 28.1 Å². The summed E-state index contributed by atoms with van der Waals surface area (Å²) in [5.74, 6) is -0.0337. The number of aromatic nitrogens is 2. The van der Waals surface area contributed by atoms with Crippen LogP contribution in [0.4, 0.5) is 0 Å². The topological polar surface area (TPSA) is 70.1 Å². The molecule has 0 bridgehead atoms. The number of hydrogen-bond acceptors (Lipinski definition) is 3. The van der Waals surface area contributed by atoms with Gasteiger partial charge in [0, 0.05) is 10.2 Å². The molecular weight excluding hydrogens is 320 g/mol. The highest BCUT2D eigenvalue weighted by Crippen LogP contribution is 2.12. The molecule has 0 aliphatic heterocycles. The van der Waals surface area contributed by atoms with Gasteiger partial charge in [0.1, 0.15) is 0 Å². The Morgan fingerprint density at radius 1 is 1.45 bits per heavy atom. The Morgan fingerprint density at radius 2 is 2.25 bits per heavy atom. The van der Waals surface area contributed by atoms with Gasteiger partial charge < -0.3 is 0 Å². The number of rotatable bonds is 4. The maximum atomic E-state index is 11.8. The summed E-state index contributed by atoms with van der Waals surface area (Å²) >= 11 is 3.37. The van der Waals surface area contributed by atoms with Crippen LogP contribution in [0.15, 0.2) is 39.9 Å². The SMILES string of the molecule is CC(C)c1cc(C(=O)N/N=C/c2cccc(Br)c2)n[nH]1. The highest BCUT2D eigenvalue weighted by molar-refractivity contribution is 9.10. The van der Waals surface area contributed by atoms with Gasteiger partial charge >= 0.3 is 0 Å². The number of nitrogens with zero attached hydrogens (tertiary/aromatic N) is 2. The number of H-pyrrole nitrogens is 1. The van der Waals surface area contributed by atoms with E-state index >= 15 is 0 Å². The van der Waals surface area contributed by atoms with Crippen LogP contribution in [0.1, 0.15) is 41.5 Å². The van der Waals surface area contributed by atoms with Gasteiger partial charge in [0.15, 0.2) is 5.69 Å². The number of hydrogen-bond donors (Lipinski definition) is 2. The smallest absolute Gasteiger partial charge is 0.282 e. The number of halogens is 1. The Kier molecular flexibility index (Phi) is 4.68. The molecule has 0 unspecified atom stereocenters. The molecule has 2 N–H and O–H groups in total. The number of aromatic amines is 1. The quantitative estimate of drug-likeness (QED) is 0.666. The fraction of sp³-hybridized carbons (Fsp3) is 0.214. The molecule has 0 spiro atoms. The van der Waals surface area contributed by atoms with Crippen LogP contribution in [0, 0.1) is 0 Å². The van der Waals surface area contributed by atoms with Crippen LogP contribution in [0.3, 0.4) is 0 Å². The maximum absolute atomic E-state index is 11.8. The zero-order valence-corrected chi connectivity index (χ0v) is 12.8. The average molecular weight is 335 g/mol. The molecule has 20 heavy (non-hydrogen) atoms. The highest BCUT2D eigenvalue weighted by atomic mass is 79.9. The van der Waals surface area contributed by atoms with Crippen LogP contribution in [0.2, 0.25) is 0 Å². The summed E-state index contributed by atoms with van der Waals surface area (Å²) in [7, 11) is 0. The van der Waals surface area contributed by atoms with E-state index in [1.807, 2.05) is 38.1 Å². The van der Waals surface area contributed by atoms with Gasteiger partial charge in [-0.1, -0.05) is 41.9 Å². The second-order valence-electron chi connectivity index (χ2n) is 4.62. The lowest BCUT2D eigenvalue weighted by atomic mass is 10.1. The van der Waals surface area contributed by atoms with Crippen LogP contribution in [0.25, 0.3) is 0 Å². The fourth-order valence-electron chi connectivity index (χ4n) is 1.56. The molecule has 2 rings (SSSR count). The second kappa shape index (κ2) is 6.47. The molecule has 0 fully saturated rings. The predicted octanol–water partition coefficient (Wildman–Crippen LogP) is 3.06. The summed E-state index contributed by atoms with van der Waals surface area (Å²) < 4.78 is 0.960. The van der Waals surface area contributed by atoms with Crippen molar-refractivity contribution in [1.82, 2.24) is 15.6 Å². The number of amides is 1. The summed E-state index contributed by atoms with van der Waals surface area (Å²) in [6.45, 7) is 4.06. The third kappa shape index (κ3) is 3.77. The van der Waals surface area contributed by atoms with E-state index in [4.69, 9.17) is 0 Å². The minimum absolute atomic E-state index is 0.300. The van der Waals surface area contributed by atoms with Gasteiger partial charge in [-0.15, -0.1) is 0 Å². The lowest BCUT2D eigenvalue weighted by molar-refractivity contribution is 0.0950. The molecule has 2 aromatic rings. The van der Waals surface area contributed by atoms with Crippen LogP contribution < -0.4 is 5.43 Å². The Hall–Kier alpha value is -1.95. The Balaban J connectivity index is 1.97. The van der Waals surface area contributed by atoms with E-state index in [1.54, 1.807) is 12.3 Å². The number of carbonyl (C=O) groups excluding carboxylic acids is 1. The molecule has 6 heteroatoms. The van der Waals surface area contributed by atoms with Gasteiger partial charge in [-0.2, -0.15) is 10.2 Å². The Labute approximate surface area is 125 Å². The van der Waals surface area contributed by atoms with Gasteiger partial charge in [0.05, 0.1) is 6.21 Å². The molecule has 0 saturated carbocycles. The molecule has 0 atom stereocenters. The van der Waals surface area contributed by atoms with E-state index in [0.717, 1.165) is 15.7 Å². The van der Waals surface area contributed by atoms with Crippen LogP contribution >= 0.6 is 15.9 Å². The first-order valence-electron chi connectivity index (χ1n) is 6.20. The van der Waals surface area contributed by atoms with Crippen LogP contribution in [-0.2, 0) is 0 Å². The van der Waals surface area contributed by atoms with Crippen molar-refractivity contribution in [2.45, 2.75) is 19.8 Å². The van der Waals surface area contributed by atoms with Crippen molar-refractivity contribution in [2.75, 3.05) is 0 Å². The van der Waals surface area contributed by atoms with Crippen molar-refractivity contribution in [3.63, 3.8) is 0 Å². The molecule has 0 radical (unpaired) electrons. The molecule has 1 amide bonds. The second-order valence-corrected chi connectivity index (χ2v) is 5.53. The van der Waals surface area contributed by atoms with Crippen molar-refractivity contribution in [2.24, 2.45) is 5.10 Å². The molecule has 0 aliphatic rings. The summed E-state index contributed by atoms with van der Waals surface area (Å²) in [5.41, 5.74) is 4.60. The monoisotopic (exact) mass is 334 g/mol. The first-order valence-corrected chi connectivity index (χ1v) is 7.00. The third-order valence-electron chi connectivity index (χ3n) is 2.68.